The maximum atomic E-state index is 14.7. The zero-order valence-electron chi connectivity index (χ0n) is 79.7. The minimum absolute atomic E-state index is 0.0522. The predicted octanol–water partition coefficient (Wildman–Crippen LogP) is 17.1. The maximum Gasteiger partial charge on any atom is 0.270 e. The number of aromatic nitrogens is 5. The SMILES string of the molecule is Cc1c(C(=O)NC[C@@H](C)CCCN)[nH]c2cc(-c3ccc(F)cc3)ccc12.Cc1ccc(-c2ccc3[nH]c(C(=O)NC[C@@H](N)CCCN)c(C)c3c2)cc1.Cc1ccc(-c2ccc3[nH]c(C(=O)NC[C@@H](N)CCCN)c(C)c3c2)cc1.Cc1ccc(-c2ccc3c(C)c(C(=O)NC[C@@H]4C[C@H](CN)CN4)[nH]c3c2)cc1.Cc1ccc(-c2ccc3c(F)c(C(=O)NC[C@@H](N)CCCN)[nH]c3c2)cc1. The largest absolute Gasteiger partial charge is 0.350 e. The first-order valence-electron chi connectivity index (χ1n) is 47.3. The van der Waals surface area contributed by atoms with Gasteiger partial charge >= 0.3 is 0 Å². The van der Waals surface area contributed by atoms with Gasteiger partial charge in [0.15, 0.2) is 5.82 Å². The minimum Gasteiger partial charge on any atom is -0.350 e. The number of carbonyl (C=O) groups excluding carboxylic acids is 5. The van der Waals surface area contributed by atoms with Crippen LogP contribution in [0.15, 0.2) is 212 Å². The van der Waals surface area contributed by atoms with Crippen molar-refractivity contribution in [3.63, 3.8) is 0 Å². The lowest BCUT2D eigenvalue weighted by atomic mass is 10.0. The molecule has 1 aliphatic heterocycles. The summed E-state index contributed by atoms with van der Waals surface area (Å²) < 4.78 is 27.8. The van der Waals surface area contributed by atoms with E-state index in [1.807, 2.05) is 101 Å². The van der Waals surface area contributed by atoms with E-state index in [9.17, 15) is 32.8 Å². The van der Waals surface area contributed by atoms with E-state index < -0.39 is 11.7 Å². The average molecular weight is 1840 g/mol. The highest BCUT2D eigenvalue weighted by Gasteiger charge is 2.27. The average Bonchev–Trinajstić information content (AvgIpc) is 1.66. The number of benzene rings is 10. The summed E-state index contributed by atoms with van der Waals surface area (Å²) in [6.07, 6.45) is 7.84. The smallest absolute Gasteiger partial charge is 0.270 e. The van der Waals surface area contributed by atoms with Crippen LogP contribution in [0.3, 0.4) is 0 Å². The number of rotatable bonds is 33. The van der Waals surface area contributed by atoms with Gasteiger partial charge in [-0.3, -0.25) is 24.0 Å². The molecule has 15 aromatic rings. The number of halogens is 2. The van der Waals surface area contributed by atoms with E-state index in [-0.39, 0.29) is 59.8 Å². The molecule has 6 heterocycles. The molecule has 0 bridgehead atoms. The van der Waals surface area contributed by atoms with E-state index in [4.69, 9.17) is 45.9 Å². The Kier molecular flexibility index (Phi) is 36.5. The molecule has 1 fully saturated rings. The van der Waals surface area contributed by atoms with Crippen molar-refractivity contribution >= 4 is 84.1 Å². The van der Waals surface area contributed by atoms with Gasteiger partial charge in [-0.05, 0) is 303 Å². The Labute approximate surface area is 795 Å². The van der Waals surface area contributed by atoms with E-state index in [1.54, 1.807) is 18.2 Å². The Hall–Kier alpha value is -13.3. The van der Waals surface area contributed by atoms with Crippen LogP contribution in [-0.4, -0.2) is 151 Å². The number of H-pyrrole nitrogens is 5. The molecule has 10 aromatic carbocycles. The van der Waals surface area contributed by atoms with Crippen LogP contribution < -0.4 is 77.8 Å². The number of amides is 5. The molecule has 1 saturated heterocycles. The molecule has 0 saturated carbocycles. The van der Waals surface area contributed by atoms with Crippen molar-refractivity contribution in [2.75, 3.05) is 72.0 Å². The molecular weight excluding hydrogens is 1710 g/mol. The fraction of sp³-hybridized carbons (Fsp3) is 0.318. The molecule has 5 amide bonds. The van der Waals surface area contributed by atoms with Gasteiger partial charge < -0.3 is 103 Å². The summed E-state index contributed by atoms with van der Waals surface area (Å²) >= 11 is 0. The lowest BCUT2D eigenvalue weighted by molar-refractivity contribution is 0.0934. The second-order valence-electron chi connectivity index (χ2n) is 36.2. The van der Waals surface area contributed by atoms with Crippen molar-refractivity contribution in [1.82, 2.24) is 56.8 Å². The van der Waals surface area contributed by atoms with E-state index >= 15 is 0 Å². The number of nitrogens with one attached hydrogen (secondary N) is 11. The quantitative estimate of drug-likeness (QED) is 0.0182. The monoisotopic (exact) mass is 1840 g/mol. The summed E-state index contributed by atoms with van der Waals surface area (Å²) in [6, 6.07) is 70.1. The van der Waals surface area contributed by atoms with Crippen molar-refractivity contribution in [3.05, 3.63) is 297 Å². The number of fused-ring (bicyclic) bond motifs is 5. The molecule has 136 heavy (non-hydrogen) atoms. The molecular formula is C110H135F2N19O5. The summed E-state index contributed by atoms with van der Waals surface area (Å²) in [6.45, 7) is 24.8. The van der Waals surface area contributed by atoms with Crippen molar-refractivity contribution in [1.29, 1.82) is 0 Å². The first kappa shape index (κ1) is 102. The predicted molar refractivity (Wildman–Crippen MR) is 553 cm³/mol. The summed E-state index contributed by atoms with van der Waals surface area (Å²) in [5.74, 6) is -0.778. The lowest BCUT2D eigenvalue weighted by Crippen LogP contribution is -2.37. The Morgan fingerprint density at radius 1 is 0.331 bits per heavy atom. The first-order chi connectivity index (χ1) is 65.5. The standard InChI is InChI=1S/C23H28N4O.C22H26FN3O.2C22H28N4O.C21H25FN4O/c1-14-3-5-17(6-4-14)18-7-8-20-15(2)22(27-21(20)10-18)23(28)26-13-19-9-16(11-24)12-25-19;1-14(4-3-11-24)13-25-22(27)21-15(2)19-10-7-17(12-20(19)26-21)16-5-8-18(23)9-6-16;2*1-14-5-7-16(8-6-14)17-9-10-20-19(12-17)15(2)21(26-20)22(27)25-13-18(24)4-3-11-23;1-13-4-6-14(7-5-13)15-8-9-17-18(11-15)26-20(19(17)22)21(27)25-12-16(24)3-2-10-23/h3-8,10,16,19,25,27H,9,11-13,24H2,1-2H3,(H,26,28);5-10,12,14,26H,3-4,11,13,24H2,1-2H3,(H,25,27);2*5-10,12,18,26H,3-4,11,13,23-24H2,1-2H3,(H,25,27);4-9,11,16,26H,2-3,10,12,23-24H2,1H3,(H,25,27)/t16-,19+;14-;2*18-;16-/m10000/s1. The van der Waals surface area contributed by atoms with Crippen LogP contribution in [0.2, 0.25) is 0 Å². The molecule has 714 valence electrons. The highest BCUT2D eigenvalue weighted by atomic mass is 19.1. The number of aryl methyl sites for hydroxylation is 8. The molecule has 0 spiro atoms. The van der Waals surface area contributed by atoms with E-state index in [2.05, 4.69) is 200 Å². The van der Waals surface area contributed by atoms with Gasteiger partial charge in [-0.15, -0.1) is 0 Å². The van der Waals surface area contributed by atoms with Crippen molar-refractivity contribution in [3.8, 4) is 55.6 Å². The van der Waals surface area contributed by atoms with Gasteiger partial charge in [-0.1, -0.05) is 181 Å². The van der Waals surface area contributed by atoms with Gasteiger partial charge in [-0.25, -0.2) is 8.78 Å². The highest BCUT2D eigenvalue weighted by molar-refractivity contribution is 6.06. The van der Waals surface area contributed by atoms with Gasteiger partial charge in [0.25, 0.3) is 29.5 Å². The third kappa shape index (κ3) is 26.9. The van der Waals surface area contributed by atoms with E-state index in [0.29, 0.717) is 117 Å². The summed E-state index contributed by atoms with van der Waals surface area (Å²) in [4.78, 5) is 78.8. The zero-order chi connectivity index (χ0) is 97.2. The highest BCUT2D eigenvalue weighted by Crippen LogP contribution is 2.35. The van der Waals surface area contributed by atoms with Crippen molar-refractivity contribution in [2.24, 2.45) is 57.7 Å². The molecule has 6 atom stereocenters. The lowest BCUT2D eigenvalue weighted by Gasteiger charge is -2.12. The van der Waals surface area contributed by atoms with E-state index in [1.165, 1.54) is 51.1 Å². The van der Waals surface area contributed by atoms with Crippen LogP contribution in [0, 0.1) is 78.9 Å². The number of aromatic amines is 5. The number of hydrogen-bond donors (Lipinski definition) is 19. The van der Waals surface area contributed by atoms with Crippen LogP contribution in [0.1, 0.15) is 162 Å². The number of nitrogens with two attached hydrogens (primary N) is 8. The molecule has 0 radical (unpaired) electrons. The van der Waals surface area contributed by atoms with Gasteiger partial charge in [0.2, 0.25) is 0 Å². The molecule has 1 aliphatic rings. The van der Waals surface area contributed by atoms with E-state index in [0.717, 1.165) is 163 Å². The molecule has 0 aliphatic carbocycles. The van der Waals surface area contributed by atoms with Crippen LogP contribution >= 0.6 is 0 Å². The molecule has 24 nitrogen and oxygen atoms in total. The fourth-order valence-corrected chi connectivity index (χ4v) is 16.9. The molecule has 0 unspecified atom stereocenters. The molecule has 26 heteroatoms. The van der Waals surface area contributed by atoms with Crippen molar-refractivity contribution < 1.29 is 32.8 Å². The number of hydrogen-bond acceptors (Lipinski definition) is 14. The van der Waals surface area contributed by atoms with Crippen molar-refractivity contribution in [2.45, 2.75) is 144 Å². The van der Waals surface area contributed by atoms with Gasteiger partial charge in [-0.2, -0.15) is 0 Å². The number of carbonyl (C=O) groups is 5. The Balaban J connectivity index is 0.000000153. The van der Waals surface area contributed by atoms with Crippen LogP contribution in [0.25, 0.3) is 110 Å². The van der Waals surface area contributed by atoms with Gasteiger partial charge in [0.05, 0.1) is 0 Å². The summed E-state index contributed by atoms with van der Waals surface area (Å²) in [5, 5.41) is 22.7. The zero-order valence-corrected chi connectivity index (χ0v) is 79.7. The third-order valence-electron chi connectivity index (χ3n) is 25.4. The Morgan fingerprint density at radius 3 is 0.978 bits per heavy atom. The fourth-order valence-electron chi connectivity index (χ4n) is 16.9. The maximum absolute atomic E-state index is 14.7. The molecule has 27 N–H and O–H groups in total. The second kappa shape index (κ2) is 48.8. The minimum atomic E-state index is -0.548. The second-order valence-corrected chi connectivity index (χ2v) is 36.2. The summed E-state index contributed by atoms with van der Waals surface area (Å²) in [7, 11) is 0. The normalized spacial score (nSPS) is 13.7. The van der Waals surface area contributed by atoms with Crippen LogP contribution in [0.5, 0.6) is 0 Å². The summed E-state index contributed by atoms with van der Waals surface area (Å²) in [5.41, 5.74) is 72.0. The van der Waals surface area contributed by atoms with Gasteiger partial charge in [0.1, 0.15) is 34.3 Å². The first-order valence-corrected chi connectivity index (χ1v) is 47.3. The molecule has 5 aromatic heterocycles. The van der Waals surface area contributed by atoms with Crippen LogP contribution in [0.4, 0.5) is 8.78 Å². The third-order valence-corrected chi connectivity index (χ3v) is 25.4. The Morgan fingerprint density at radius 2 is 0.618 bits per heavy atom. The Bertz CT molecular complexity index is 6170. The van der Waals surface area contributed by atoms with Crippen LogP contribution in [-0.2, 0) is 0 Å². The molecule has 16 rings (SSSR count). The van der Waals surface area contributed by atoms with Gasteiger partial charge in [0, 0.05) is 111 Å². The topological polar surface area (TPSA) is 445 Å².